The Morgan fingerprint density at radius 1 is 1.25 bits per heavy atom. The van der Waals surface area contributed by atoms with Crippen LogP contribution in [-0.4, -0.2) is 43.5 Å². The van der Waals surface area contributed by atoms with Crippen molar-refractivity contribution in [2.24, 2.45) is 0 Å². The predicted molar refractivity (Wildman–Crippen MR) is 75.0 cm³/mol. The molecular weight excluding hydrogens is 278 g/mol. The molecule has 0 aliphatic carbocycles. The smallest absolute Gasteiger partial charge is 0.246 e. The molecule has 2 N–H and O–H groups in total. The van der Waals surface area contributed by atoms with Crippen LogP contribution in [-0.2, 0) is 10.0 Å². The summed E-state index contributed by atoms with van der Waals surface area (Å²) in [6.45, 7) is 1.98. The molecular formula is C13H19N3O3S. The topological polar surface area (TPSA) is 82.3 Å². The number of nitrogens with zero attached hydrogens (tertiary/aromatic N) is 1. The third-order valence-corrected chi connectivity index (χ3v) is 5.75. The van der Waals surface area contributed by atoms with Gasteiger partial charge in [0.05, 0.1) is 0 Å². The van der Waals surface area contributed by atoms with Crippen molar-refractivity contribution in [1.82, 2.24) is 14.6 Å². The SMILES string of the molecule is O=c1cc[nH]cc1S(=O)(=O)NC1CCN2CCCCC12. The van der Waals surface area contributed by atoms with Gasteiger partial charge in [-0.3, -0.25) is 9.69 Å². The first kappa shape index (κ1) is 13.8. The van der Waals surface area contributed by atoms with E-state index in [1.165, 1.54) is 24.9 Å². The molecule has 0 saturated carbocycles. The second-order valence-corrected chi connectivity index (χ2v) is 7.17. The van der Waals surface area contributed by atoms with E-state index in [-0.39, 0.29) is 17.0 Å². The summed E-state index contributed by atoms with van der Waals surface area (Å²) in [5, 5.41) is 0. The van der Waals surface area contributed by atoms with Gasteiger partial charge in [0.25, 0.3) is 0 Å². The number of aromatic nitrogens is 1. The second-order valence-electron chi connectivity index (χ2n) is 5.49. The molecule has 3 heterocycles. The zero-order chi connectivity index (χ0) is 14.2. The van der Waals surface area contributed by atoms with Crippen molar-refractivity contribution in [1.29, 1.82) is 0 Å². The van der Waals surface area contributed by atoms with Crippen molar-refractivity contribution in [3.63, 3.8) is 0 Å². The number of H-pyrrole nitrogens is 1. The standard InChI is InChI=1S/C13H19N3O3S/c17-12-4-6-14-9-13(12)20(18,19)15-10-5-8-16-7-2-1-3-11(10)16/h4,6,9-11,15H,1-3,5,7-8H2,(H,14,17). The Labute approximate surface area is 118 Å². The fourth-order valence-corrected chi connectivity index (χ4v) is 4.62. The fourth-order valence-electron chi connectivity index (χ4n) is 3.26. The van der Waals surface area contributed by atoms with Crippen LogP contribution in [0, 0.1) is 0 Å². The molecule has 1 aromatic heterocycles. The first-order chi connectivity index (χ1) is 9.58. The maximum atomic E-state index is 12.3. The van der Waals surface area contributed by atoms with Crippen LogP contribution in [0.3, 0.4) is 0 Å². The van der Waals surface area contributed by atoms with Gasteiger partial charge < -0.3 is 4.98 Å². The predicted octanol–water partition coefficient (Wildman–Crippen LogP) is 0.280. The molecule has 0 amide bonds. The number of nitrogens with one attached hydrogen (secondary N) is 2. The first-order valence-corrected chi connectivity index (χ1v) is 8.50. The molecule has 0 aromatic carbocycles. The van der Waals surface area contributed by atoms with Gasteiger partial charge in [-0.05, 0) is 25.8 Å². The Balaban J connectivity index is 1.80. The van der Waals surface area contributed by atoms with E-state index in [2.05, 4.69) is 14.6 Å². The molecule has 0 radical (unpaired) electrons. The Morgan fingerprint density at radius 2 is 2.10 bits per heavy atom. The summed E-state index contributed by atoms with van der Waals surface area (Å²) in [5.41, 5.74) is -0.477. The number of piperidine rings is 1. The van der Waals surface area contributed by atoms with Gasteiger partial charge in [-0.1, -0.05) is 6.42 Å². The lowest BCUT2D eigenvalue weighted by atomic mass is 10.00. The normalized spacial score (nSPS) is 27.4. The minimum absolute atomic E-state index is 0.0834. The Morgan fingerprint density at radius 3 is 2.90 bits per heavy atom. The minimum atomic E-state index is -3.75. The third kappa shape index (κ3) is 2.53. The van der Waals surface area contributed by atoms with E-state index in [0.29, 0.717) is 0 Å². The number of rotatable bonds is 3. The Hall–Kier alpha value is -1.18. The van der Waals surface area contributed by atoms with Crippen molar-refractivity contribution in [3.8, 4) is 0 Å². The first-order valence-electron chi connectivity index (χ1n) is 7.01. The van der Waals surface area contributed by atoms with Crippen LogP contribution in [0.4, 0.5) is 0 Å². The number of sulfonamides is 1. The number of hydrogen-bond acceptors (Lipinski definition) is 4. The molecule has 0 bridgehead atoms. The maximum absolute atomic E-state index is 12.3. The molecule has 0 spiro atoms. The van der Waals surface area contributed by atoms with Crippen LogP contribution in [0.25, 0.3) is 0 Å². The molecule has 1 aromatic rings. The molecule has 7 heteroatoms. The molecule has 110 valence electrons. The fraction of sp³-hybridized carbons (Fsp3) is 0.615. The highest BCUT2D eigenvalue weighted by Gasteiger charge is 2.38. The van der Waals surface area contributed by atoms with Gasteiger partial charge in [-0.2, -0.15) is 0 Å². The molecule has 6 nitrogen and oxygen atoms in total. The maximum Gasteiger partial charge on any atom is 0.246 e. The van der Waals surface area contributed by atoms with Crippen molar-refractivity contribution >= 4 is 10.0 Å². The van der Waals surface area contributed by atoms with Gasteiger partial charge in [0.2, 0.25) is 15.5 Å². The lowest BCUT2D eigenvalue weighted by molar-refractivity contribution is 0.186. The van der Waals surface area contributed by atoms with Gasteiger partial charge in [0.15, 0.2) is 0 Å². The number of fused-ring (bicyclic) bond motifs is 1. The van der Waals surface area contributed by atoms with Crippen molar-refractivity contribution < 1.29 is 8.42 Å². The van der Waals surface area contributed by atoms with Crippen LogP contribution >= 0.6 is 0 Å². The van der Waals surface area contributed by atoms with Crippen LogP contribution in [0.2, 0.25) is 0 Å². The Kier molecular flexibility index (Phi) is 3.66. The average Bonchev–Trinajstić information content (AvgIpc) is 2.82. The molecule has 2 unspecified atom stereocenters. The summed E-state index contributed by atoms with van der Waals surface area (Å²) in [4.78, 5) is 16.5. The summed E-state index contributed by atoms with van der Waals surface area (Å²) >= 11 is 0. The van der Waals surface area contributed by atoms with Gasteiger partial charge >= 0.3 is 0 Å². The van der Waals surface area contributed by atoms with Crippen LogP contribution in [0.1, 0.15) is 25.7 Å². The monoisotopic (exact) mass is 297 g/mol. The second kappa shape index (κ2) is 5.31. The van der Waals surface area contributed by atoms with Gasteiger partial charge in [0.1, 0.15) is 4.90 Å². The summed E-state index contributed by atoms with van der Waals surface area (Å²) in [6.07, 6.45) is 6.85. The minimum Gasteiger partial charge on any atom is -0.366 e. The number of pyridine rings is 1. The summed E-state index contributed by atoms with van der Waals surface area (Å²) < 4.78 is 27.4. The van der Waals surface area contributed by atoms with Gasteiger partial charge in [0, 0.05) is 37.1 Å². The highest BCUT2D eigenvalue weighted by Crippen LogP contribution is 2.27. The molecule has 2 aliphatic heterocycles. The average molecular weight is 297 g/mol. The van der Waals surface area contributed by atoms with E-state index in [1.54, 1.807) is 0 Å². The van der Waals surface area contributed by atoms with E-state index in [1.807, 2.05) is 0 Å². The van der Waals surface area contributed by atoms with Gasteiger partial charge in [-0.25, -0.2) is 13.1 Å². The lowest BCUT2D eigenvalue weighted by Crippen LogP contribution is -2.47. The van der Waals surface area contributed by atoms with Crippen LogP contribution in [0.15, 0.2) is 28.2 Å². The largest absolute Gasteiger partial charge is 0.366 e. The lowest BCUT2D eigenvalue weighted by Gasteiger charge is -2.32. The number of aromatic amines is 1. The molecule has 20 heavy (non-hydrogen) atoms. The van der Waals surface area contributed by atoms with Crippen LogP contribution in [0.5, 0.6) is 0 Å². The third-order valence-electron chi connectivity index (χ3n) is 4.24. The Bertz CT molecular complexity index is 640. The zero-order valence-corrected chi connectivity index (χ0v) is 12.0. The summed E-state index contributed by atoms with van der Waals surface area (Å²) in [7, 11) is -3.75. The van der Waals surface area contributed by atoms with E-state index in [9.17, 15) is 13.2 Å². The zero-order valence-electron chi connectivity index (χ0n) is 11.2. The van der Waals surface area contributed by atoms with Gasteiger partial charge in [-0.15, -0.1) is 0 Å². The molecule has 2 aliphatic rings. The molecule has 2 fully saturated rings. The highest BCUT2D eigenvalue weighted by atomic mass is 32.2. The van der Waals surface area contributed by atoms with E-state index in [0.717, 1.165) is 32.4 Å². The van der Waals surface area contributed by atoms with E-state index in [4.69, 9.17) is 0 Å². The number of hydrogen-bond donors (Lipinski definition) is 2. The molecule has 2 atom stereocenters. The highest BCUT2D eigenvalue weighted by molar-refractivity contribution is 7.89. The summed E-state index contributed by atoms with van der Waals surface area (Å²) in [6, 6.07) is 1.43. The van der Waals surface area contributed by atoms with E-state index < -0.39 is 15.5 Å². The summed E-state index contributed by atoms with van der Waals surface area (Å²) in [5.74, 6) is 0. The van der Waals surface area contributed by atoms with Crippen molar-refractivity contribution in [3.05, 3.63) is 28.7 Å². The molecule has 3 rings (SSSR count). The molecule has 2 saturated heterocycles. The van der Waals surface area contributed by atoms with Crippen molar-refractivity contribution in [2.45, 2.75) is 42.7 Å². The quantitative estimate of drug-likeness (QED) is 0.839. The van der Waals surface area contributed by atoms with E-state index >= 15 is 0 Å². The van der Waals surface area contributed by atoms with Crippen molar-refractivity contribution in [2.75, 3.05) is 13.1 Å². The van der Waals surface area contributed by atoms with Crippen LogP contribution < -0.4 is 10.2 Å².